The molecule has 8 heteroatoms. The molecule has 2 aromatic rings. The first-order valence-corrected chi connectivity index (χ1v) is 11.3. The molecule has 1 aliphatic rings. The molecule has 3 rings (SSSR count). The van der Waals surface area contributed by atoms with Crippen molar-refractivity contribution in [2.75, 3.05) is 31.8 Å². The maximum atomic E-state index is 12.5. The normalized spacial score (nSPS) is 15.2. The Hall–Kier alpha value is -3.68. The number of nitrogens with zero attached hydrogens (tertiary/aromatic N) is 1. The summed E-state index contributed by atoms with van der Waals surface area (Å²) in [5.41, 5.74) is 1.36. The van der Waals surface area contributed by atoms with E-state index in [1.165, 1.54) is 12.0 Å². The van der Waals surface area contributed by atoms with E-state index in [2.05, 4.69) is 6.92 Å². The third-order valence-electron chi connectivity index (χ3n) is 5.59. The molecule has 0 bridgehead atoms. The second-order valence-electron chi connectivity index (χ2n) is 8.06. The first kappa shape index (κ1) is 25.0. The van der Waals surface area contributed by atoms with E-state index in [-0.39, 0.29) is 24.7 Å². The van der Waals surface area contributed by atoms with E-state index in [0.717, 1.165) is 19.3 Å². The van der Waals surface area contributed by atoms with Crippen LogP contribution in [-0.2, 0) is 19.1 Å². The first-order valence-electron chi connectivity index (χ1n) is 11.3. The summed E-state index contributed by atoms with van der Waals surface area (Å²) in [4.78, 5) is 50.9. The number of hydrogen-bond donors (Lipinski definition) is 0. The maximum Gasteiger partial charge on any atom is 0.338 e. The average molecular weight is 468 g/mol. The zero-order chi connectivity index (χ0) is 24.5. The van der Waals surface area contributed by atoms with Gasteiger partial charge < -0.3 is 19.1 Å². The minimum atomic E-state index is -0.672. The van der Waals surface area contributed by atoms with Crippen molar-refractivity contribution in [2.24, 2.45) is 5.92 Å². The quantitative estimate of drug-likeness (QED) is 0.281. The highest BCUT2D eigenvalue weighted by molar-refractivity contribution is 6.01. The van der Waals surface area contributed by atoms with Crippen molar-refractivity contribution in [3.05, 3.63) is 59.7 Å². The van der Waals surface area contributed by atoms with Gasteiger partial charge in [0.15, 0.2) is 12.4 Å². The van der Waals surface area contributed by atoms with E-state index in [4.69, 9.17) is 14.2 Å². The highest BCUT2D eigenvalue weighted by Crippen LogP contribution is 2.26. The van der Waals surface area contributed by atoms with E-state index in [1.54, 1.807) is 48.5 Å². The zero-order valence-electron chi connectivity index (χ0n) is 19.5. The smallest absolute Gasteiger partial charge is 0.338 e. The standard InChI is InChI=1S/C26H29NO7/c1-3-4-5-13-33-25(30)18-9-11-21(12-10-18)27-16-20(15-24(27)29)26(31)34-17-23(28)19-7-6-8-22(14-19)32-2/h6-12,14,20H,3-5,13,15-17H2,1-2H3/t20-/m0/s1. The van der Waals surface area contributed by atoms with Gasteiger partial charge >= 0.3 is 11.9 Å². The number of esters is 2. The number of carbonyl (C=O) groups is 4. The van der Waals surface area contributed by atoms with Gasteiger partial charge in [0.05, 0.1) is 25.2 Å². The molecule has 1 fully saturated rings. The van der Waals surface area contributed by atoms with Crippen LogP contribution in [0.2, 0.25) is 0 Å². The molecule has 34 heavy (non-hydrogen) atoms. The summed E-state index contributed by atoms with van der Waals surface area (Å²) in [6.07, 6.45) is 2.86. The summed E-state index contributed by atoms with van der Waals surface area (Å²) in [5.74, 6) is -1.72. The zero-order valence-corrected chi connectivity index (χ0v) is 19.5. The monoisotopic (exact) mass is 467 g/mol. The van der Waals surface area contributed by atoms with Gasteiger partial charge in [0.1, 0.15) is 5.75 Å². The molecule has 1 heterocycles. The molecule has 0 spiro atoms. The van der Waals surface area contributed by atoms with E-state index in [1.807, 2.05) is 0 Å². The fraction of sp³-hybridized carbons (Fsp3) is 0.385. The first-order chi connectivity index (χ1) is 16.4. The number of methoxy groups -OCH3 is 1. The largest absolute Gasteiger partial charge is 0.497 e. The summed E-state index contributed by atoms with van der Waals surface area (Å²) in [7, 11) is 1.50. The van der Waals surface area contributed by atoms with Crippen molar-refractivity contribution < 1.29 is 33.4 Å². The van der Waals surface area contributed by atoms with E-state index in [0.29, 0.717) is 29.2 Å². The Kier molecular flexibility index (Phi) is 8.79. The minimum absolute atomic E-state index is 0.00654. The molecular weight excluding hydrogens is 438 g/mol. The SMILES string of the molecule is CCCCCOC(=O)c1ccc(N2C[C@@H](C(=O)OCC(=O)c3cccc(OC)c3)CC2=O)cc1. The average Bonchev–Trinajstić information content (AvgIpc) is 3.26. The van der Waals surface area contributed by atoms with Crippen LogP contribution >= 0.6 is 0 Å². The van der Waals surface area contributed by atoms with E-state index >= 15 is 0 Å². The molecule has 0 saturated carbocycles. The van der Waals surface area contributed by atoms with Crippen molar-refractivity contribution in [2.45, 2.75) is 32.6 Å². The molecule has 0 N–H and O–H groups in total. The van der Waals surface area contributed by atoms with Gasteiger partial charge in [0.25, 0.3) is 0 Å². The summed E-state index contributed by atoms with van der Waals surface area (Å²) < 4.78 is 15.5. The van der Waals surface area contributed by atoms with Gasteiger partial charge in [-0.25, -0.2) is 4.79 Å². The molecule has 0 aromatic heterocycles. The van der Waals surface area contributed by atoms with Crippen LogP contribution in [0.1, 0.15) is 53.3 Å². The lowest BCUT2D eigenvalue weighted by Crippen LogP contribution is -2.27. The van der Waals surface area contributed by atoms with Crippen LogP contribution in [0.3, 0.4) is 0 Å². The van der Waals surface area contributed by atoms with Gasteiger partial charge in [-0.05, 0) is 42.8 Å². The summed E-state index contributed by atoms with van der Waals surface area (Å²) in [5, 5.41) is 0. The lowest BCUT2D eigenvalue weighted by Gasteiger charge is -2.17. The number of rotatable bonds is 11. The molecule has 0 aliphatic carbocycles. The molecule has 0 radical (unpaired) electrons. The molecule has 1 atom stereocenters. The number of unbranched alkanes of at least 4 members (excludes halogenated alkanes) is 2. The Morgan fingerprint density at radius 1 is 1.00 bits per heavy atom. The van der Waals surface area contributed by atoms with Crippen molar-refractivity contribution in [3.63, 3.8) is 0 Å². The Labute approximate surface area is 198 Å². The Bertz CT molecular complexity index is 1030. The molecule has 0 unspecified atom stereocenters. The number of hydrogen-bond acceptors (Lipinski definition) is 7. The maximum absolute atomic E-state index is 12.5. The van der Waals surface area contributed by atoms with Gasteiger partial charge in [-0.15, -0.1) is 0 Å². The highest BCUT2D eigenvalue weighted by atomic mass is 16.5. The summed E-state index contributed by atoms with van der Waals surface area (Å²) in [6, 6.07) is 13.1. The van der Waals surface area contributed by atoms with Crippen molar-refractivity contribution in [1.82, 2.24) is 0 Å². The number of carbonyl (C=O) groups excluding carboxylic acids is 4. The fourth-order valence-electron chi connectivity index (χ4n) is 3.63. The van der Waals surface area contributed by atoms with Crippen LogP contribution in [0.25, 0.3) is 0 Å². The molecular formula is C26H29NO7. The molecule has 2 aromatic carbocycles. The third kappa shape index (κ3) is 6.43. The van der Waals surface area contributed by atoms with E-state index in [9.17, 15) is 19.2 Å². The van der Waals surface area contributed by atoms with Crippen LogP contribution in [0.4, 0.5) is 5.69 Å². The van der Waals surface area contributed by atoms with Crippen LogP contribution in [0, 0.1) is 5.92 Å². The number of ketones is 1. The Balaban J connectivity index is 1.52. The van der Waals surface area contributed by atoms with Crippen LogP contribution in [0.5, 0.6) is 5.75 Å². The van der Waals surface area contributed by atoms with Gasteiger partial charge in [-0.1, -0.05) is 31.9 Å². The molecule has 1 saturated heterocycles. The lowest BCUT2D eigenvalue weighted by molar-refractivity contribution is -0.147. The third-order valence-corrected chi connectivity index (χ3v) is 5.59. The van der Waals surface area contributed by atoms with Crippen LogP contribution in [0.15, 0.2) is 48.5 Å². The Morgan fingerprint density at radius 3 is 2.47 bits per heavy atom. The van der Waals surface area contributed by atoms with Crippen molar-refractivity contribution in [1.29, 1.82) is 0 Å². The number of anilines is 1. The van der Waals surface area contributed by atoms with Crippen molar-refractivity contribution >= 4 is 29.3 Å². The van der Waals surface area contributed by atoms with Crippen molar-refractivity contribution in [3.8, 4) is 5.75 Å². The predicted octanol–water partition coefficient (Wildman–Crippen LogP) is 3.82. The summed E-state index contributed by atoms with van der Waals surface area (Å²) >= 11 is 0. The second-order valence-corrected chi connectivity index (χ2v) is 8.06. The Morgan fingerprint density at radius 2 is 1.76 bits per heavy atom. The second kappa shape index (κ2) is 12.0. The van der Waals surface area contributed by atoms with Gasteiger partial charge in [-0.3, -0.25) is 14.4 Å². The molecule has 1 aliphatic heterocycles. The highest BCUT2D eigenvalue weighted by Gasteiger charge is 2.36. The number of benzene rings is 2. The van der Waals surface area contributed by atoms with Crippen LogP contribution in [-0.4, -0.2) is 50.5 Å². The minimum Gasteiger partial charge on any atom is -0.497 e. The molecule has 180 valence electrons. The summed E-state index contributed by atoms with van der Waals surface area (Å²) in [6.45, 7) is 2.19. The molecule has 8 nitrogen and oxygen atoms in total. The number of ether oxygens (including phenoxy) is 3. The fourth-order valence-corrected chi connectivity index (χ4v) is 3.63. The van der Waals surface area contributed by atoms with Gasteiger partial charge in [0, 0.05) is 24.2 Å². The molecule has 1 amide bonds. The van der Waals surface area contributed by atoms with Gasteiger partial charge in [-0.2, -0.15) is 0 Å². The topological polar surface area (TPSA) is 99.2 Å². The van der Waals surface area contributed by atoms with Gasteiger partial charge in [0.2, 0.25) is 5.91 Å². The predicted molar refractivity (Wildman–Crippen MR) is 125 cm³/mol. The lowest BCUT2D eigenvalue weighted by atomic mass is 10.1. The number of amides is 1. The number of Topliss-reactive ketones (excluding diaryl/α,β-unsaturated/α-hetero) is 1. The van der Waals surface area contributed by atoms with E-state index < -0.39 is 24.5 Å². The van der Waals surface area contributed by atoms with Crippen LogP contribution < -0.4 is 9.64 Å².